The summed E-state index contributed by atoms with van der Waals surface area (Å²) in [6.07, 6.45) is 7.57. The average molecular weight is 571 g/mol. The molecule has 0 saturated heterocycles. The van der Waals surface area contributed by atoms with Crippen LogP contribution < -0.4 is 10.4 Å². The number of rotatable bonds is 18. The Labute approximate surface area is 238 Å². The number of carbonyl (C=O) groups is 1. The van der Waals surface area contributed by atoms with E-state index >= 15 is 0 Å². The van der Waals surface area contributed by atoms with Gasteiger partial charge in [0.25, 0.3) is 8.32 Å². The molecule has 2 rings (SSSR count). The molecule has 1 N–H and O–H groups in total. The van der Waals surface area contributed by atoms with Crippen LogP contribution in [0.5, 0.6) is 0 Å². The summed E-state index contributed by atoms with van der Waals surface area (Å²) in [4.78, 5) is 24.1. The van der Waals surface area contributed by atoms with Crippen molar-refractivity contribution in [2.45, 2.75) is 89.7 Å². The molecular weight excluding hydrogens is 521 g/mol. The Morgan fingerprint density at radius 2 is 1.56 bits per heavy atom. The number of carbonyl (C=O) groups excluding carboxylic acids is 1. The number of hydrogen-bond acceptors (Lipinski definition) is 5. The molecule has 0 aromatic heterocycles. The molecule has 2 aromatic rings. The maximum Gasteiger partial charge on any atom is 0.330 e. The summed E-state index contributed by atoms with van der Waals surface area (Å²) in [5.74, 6) is -0.297. The molecule has 0 radical (unpaired) electrons. The van der Waals surface area contributed by atoms with E-state index in [1.165, 1.54) is 6.08 Å². The summed E-state index contributed by atoms with van der Waals surface area (Å²) >= 11 is 0. The molecule has 0 bridgehead atoms. The lowest BCUT2D eigenvalue weighted by atomic mass is 10.0. The first-order valence-electron chi connectivity index (χ1n) is 14.4. The van der Waals surface area contributed by atoms with Gasteiger partial charge in [-0.1, -0.05) is 100 Å². The zero-order chi connectivity index (χ0) is 28.8. The Bertz CT molecular complexity index is 947. The summed E-state index contributed by atoms with van der Waals surface area (Å²) in [6, 6.07) is 21.4. The normalized spacial score (nSPS) is 13.5. The first-order valence-corrected chi connectivity index (χ1v) is 20.0. The van der Waals surface area contributed by atoms with Crippen molar-refractivity contribution in [2.24, 2.45) is 0 Å². The fourth-order valence-electron chi connectivity index (χ4n) is 4.74. The lowest BCUT2D eigenvalue weighted by Gasteiger charge is -2.42. The van der Waals surface area contributed by atoms with E-state index in [1.807, 2.05) is 42.5 Å². The molecule has 0 spiro atoms. The number of ether oxygens (including phenoxy) is 3. The molecule has 1 atom stereocenters. The molecule has 39 heavy (non-hydrogen) atoms. The Kier molecular flexibility index (Phi) is 13.8. The van der Waals surface area contributed by atoms with Gasteiger partial charge in [0.05, 0.1) is 12.7 Å². The SMILES string of the molecule is CCOC(=O)/C=C/CCC[C@H](CCC(C)(C)[Si](O)(c1ccccc1)c1ccccc1)OCOCC[Si](C)(C)C. The van der Waals surface area contributed by atoms with Crippen LogP contribution in [0.2, 0.25) is 30.7 Å². The molecule has 216 valence electrons. The third-order valence-electron chi connectivity index (χ3n) is 7.27. The average Bonchev–Trinajstić information content (AvgIpc) is 2.90. The molecule has 0 aliphatic rings. The van der Waals surface area contributed by atoms with Gasteiger partial charge < -0.3 is 19.0 Å². The predicted octanol–water partition coefficient (Wildman–Crippen LogP) is 6.29. The highest BCUT2D eigenvalue weighted by molar-refractivity contribution is 6.98. The van der Waals surface area contributed by atoms with Crippen LogP contribution in [0.4, 0.5) is 0 Å². The van der Waals surface area contributed by atoms with Gasteiger partial charge in [-0.05, 0) is 60.5 Å². The largest absolute Gasteiger partial charge is 0.463 e. The van der Waals surface area contributed by atoms with Crippen LogP contribution in [-0.2, 0) is 19.0 Å². The van der Waals surface area contributed by atoms with Crippen molar-refractivity contribution in [2.75, 3.05) is 20.0 Å². The van der Waals surface area contributed by atoms with Crippen LogP contribution in [0.15, 0.2) is 72.8 Å². The smallest absolute Gasteiger partial charge is 0.330 e. The molecule has 0 fully saturated rings. The van der Waals surface area contributed by atoms with E-state index in [0.717, 1.165) is 55.1 Å². The highest BCUT2D eigenvalue weighted by atomic mass is 28.4. The van der Waals surface area contributed by atoms with Crippen LogP contribution >= 0.6 is 0 Å². The van der Waals surface area contributed by atoms with Gasteiger partial charge in [0.15, 0.2) is 0 Å². The minimum Gasteiger partial charge on any atom is -0.463 e. The van der Waals surface area contributed by atoms with Gasteiger partial charge in [-0.2, -0.15) is 0 Å². The third-order valence-corrected chi connectivity index (χ3v) is 13.5. The van der Waals surface area contributed by atoms with Crippen molar-refractivity contribution in [3.63, 3.8) is 0 Å². The number of allylic oxidation sites excluding steroid dienone is 1. The molecule has 0 aliphatic heterocycles. The highest BCUT2D eigenvalue weighted by Crippen LogP contribution is 2.40. The molecule has 0 saturated carbocycles. The maximum absolute atomic E-state index is 12.5. The van der Waals surface area contributed by atoms with Crippen molar-refractivity contribution >= 4 is 32.7 Å². The van der Waals surface area contributed by atoms with Gasteiger partial charge in [0.1, 0.15) is 6.79 Å². The van der Waals surface area contributed by atoms with Crippen LogP contribution in [0.25, 0.3) is 0 Å². The minimum absolute atomic E-state index is 0.0111. The second kappa shape index (κ2) is 16.3. The van der Waals surface area contributed by atoms with Gasteiger partial charge in [0.2, 0.25) is 0 Å². The summed E-state index contributed by atoms with van der Waals surface area (Å²) in [7, 11) is -4.22. The van der Waals surface area contributed by atoms with Crippen molar-refractivity contribution in [3.05, 3.63) is 72.8 Å². The number of esters is 1. The van der Waals surface area contributed by atoms with E-state index in [0.29, 0.717) is 6.61 Å². The Morgan fingerprint density at radius 1 is 0.974 bits per heavy atom. The summed E-state index contributed by atoms with van der Waals surface area (Å²) in [5, 5.41) is 1.72. The maximum atomic E-state index is 12.5. The van der Waals surface area contributed by atoms with Crippen LogP contribution in [0.1, 0.15) is 52.9 Å². The van der Waals surface area contributed by atoms with Crippen molar-refractivity contribution in [1.29, 1.82) is 0 Å². The van der Waals surface area contributed by atoms with Gasteiger partial charge in [-0.15, -0.1) is 0 Å². The van der Waals surface area contributed by atoms with E-state index in [9.17, 15) is 9.59 Å². The Hall–Kier alpha value is -2.04. The molecular formula is C32H50O5Si2. The van der Waals surface area contributed by atoms with Crippen molar-refractivity contribution < 1.29 is 23.8 Å². The molecule has 0 aliphatic carbocycles. The third kappa shape index (κ3) is 11.2. The summed E-state index contributed by atoms with van der Waals surface area (Å²) < 4.78 is 17.1. The lowest BCUT2D eigenvalue weighted by molar-refractivity contribution is -0.137. The highest BCUT2D eigenvalue weighted by Gasteiger charge is 2.49. The van der Waals surface area contributed by atoms with Crippen LogP contribution in [0, 0.1) is 0 Å². The number of hydrogen-bond donors (Lipinski definition) is 1. The molecule has 2 aromatic carbocycles. The second-order valence-electron chi connectivity index (χ2n) is 12.1. The minimum atomic E-state index is -3.07. The molecule has 0 unspecified atom stereocenters. The first-order chi connectivity index (χ1) is 18.5. The molecule has 5 nitrogen and oxygen atoms in total. The summed E-state index contributed by atoms with van der Waals surface area (Å²) in [5.41, 5.74) is 0. The fourth-order valence-corrected chi connectivity index (χ4v) is 9.24. The van der Waals surface area contributed by atoms with Gasteiger partial charge >= 0.3 is 5.97 Å². The zero-order valence-corrected chi connectivity index (χ0v) is 26.9. The van der Waals surface area contributed by atoms with E-state index in [2.05, 4.69) is 57.8 Å². The van der Waals surface area contributed by atoms with E-state index in [1.54, 1.807) is 6.92 Å². The molecule has 7 heteroatoms. The number of benzene rings is 2. The van der Waals surface area contributed by atoms with E-state index in [4.69, 9.17) is 14.2 Å². The molecule has 0 amide bonds. The van der Waals surface area contributed by atoms with Gasteiger partial charge in [0, 0.05) is 20.8 Å². The number of unbranched alkanes of at least 4 members (excludes halogenated alkanes) is 1. The monoisotopic (exact) mass is 570 g/mol. The zero-order valence-electron chi connectivity index (χ0n) is 24.9. The van der Waals surface area contributed by atoms with Gasteiger partial charge in [-0.25, -0.2) is 4.79 Å². The van der Waals surface area contributed by atoms with E-state index in [-0.39, 0.29) is 23.9 Å². The topological polar surface area (TPSA) is 65.0 Å². The standard InChI is InChI=1S/C32H50O5Si2/c1-7-36-31(33)22-16-8-11-17-28(37-27-35-25-26-38(4,5)6)23-24-32(2,3)39(34,29-18-12-9-13-19-29)30-20-14-10-15-21-30/h9-10,12-16,18-22,28,34H,7-8,11,17,23-27H2,1-6H3/b22-16+/t28-/m1/s1. The Balaban J connectivity index is 2.10. The van der Waals surface area contributed by atoms with Crippen LogP contribution in [-0.4, -0.2) is 53.3 Å². The van der Waals surface area contributed by atoms with Gasteiger partial charge in [-0.3, -0.25) is 0 Å². The predicted molar refractivity (Wildman–Crippen MR) is 167 cm³/mol. The quantitative estimate of drug-likeness (QED) is 0.0751. The molecule has 0 heterocycles. The summed E-state index contributed by atoms with van der Waals surface area (Å²) in [6.45, 7) is 14.6. The first kappa shape index (κ1) is 33.2. The van der Waals surface area contributed by atoms with Crippen molar-refractivity contribution in [3.8, 4) is 0 Å². The second-order valence-corrected chi connectivity index (χ2v) is 21.6. The fraction of sp³-hybridized carbons (Fsp3) is 0.531. The van der Waals surface area contributed by atoms with E-state index < -0.39 is 16.4 Å². The lowest BCUT2D eigenvalue weighted by Crippen LogP contribution is -2.65. The van der Waals surface area contributed by atoms with Crippen LogP contribution in [0.3, 0.4) is 0 Å². The van der Waals surface area contributed by atoms with Crippen molar-refractivity contribution in [1.82, 2.24) is 0 Å². The Morgan fingerprint density at radius 3 is 2.10 bits per heavy atom.